The fraction of sp³-hybridized carbons (Fsp3) is 0.393. The van der Waals surface area contributed by atoms with Crippen LogP contribution in [0.15, 0.2) is 52.2 Å². The second-order valence-corrected chi connectivity index (χ2v) is 11.9. The number of aromatic amines is 1. The Hall–Kier alpha value is -3.74. The molecule has 0 aliphatic carbocycles. The highest BCUT2D eigenvalue weighted by Crippen LogP contribution is 2.32. The maximum Gasteiger partial charge on any atom is 0.279 e. The molecule has 0 atom stereocenters. The number of aromatic nitrogens is 4. The molecule has 0 amide bonds. The van der Waals surface area contributed by atoms with Crippen LogP contribution in [-0.2, 0) is 23.0 Å². The van der Waals surface area contributed by atoms with Crippen molar-refractivity contribution in [3.05, 3.63) is 64.1 Å². The third-order valence-electron chi connectivity index (χ3n) is 7.11. The summed E-state index contributed by atoms with van der Waals surface area (Å²) in [5, 5.41) is 4.61. The Morgan fingerprint density at radius 3 is 2.42 bits per heavy atom. The molecular formula is C28H35N7O4S. The van der Waals surface area contributed by atoms with Gasteiger partial charge in [0.1, 0.15) is 17.1 Å². The Morgan fingerprint density at radius 2 is 1.75 bits per heavy atom. The lowest BCUT2D eigenvalue weighted by Gasteiger charge is -2.31. The first-order chi connectivity index (χ1) is 19.2. The molecule has 212 valence electrons. The summed E-state index contributed by atoms with van der Waals surface area (Å²) >= 11 is 0. The van der Waals surface area contributed by atoms with E-state index in [0.717, 1.165) is 17.7 Å². The fourth-order valence-electron chi connectivity index (χ4n) is 4.92. The van der Waals surface area contributed by atoms with Gasteiger partial charge in [-0.3, -0.25) is 9.48 Å². The van der Waals surface area contributed by atoms with Crippen LogP contribution in [0.25, 0.3) is 22.4 Å². The molecule has 0 bridgehead atoms. The van der Waals surface area contributed by atoms with Gasteiger partial charge in [-0.15, -0.1) is 0 Å². The van der Waals surface area contributed by atoms with E-state index in [-0.39, 0.29) is 16.2 Å². The minimum absolute atomic E-state index is 0.131. The average molecular weight is 566 g/mol. The van der Waals surface area contributed by atoms with Crippen molar-refractivity contribution in [1.82, 2.24) is 29.0 Å². The van der Waals surface area contributed by atoms with Gasteiger partial charge >= 0.3 is 0 Å². The number of nitrogens with one attached hydrogen (secondary N) is 1. The predicted molar refractivity (Wildman–Crippen MR) is 155 cm³/mol. The van der Waals surface area contributed by atoms with Gasteiger partial charge in [0.25, 0.3) is 5.56 Å². The molecule has 0 radical (unpaired) electrons. The van der Waals surface area contributed by atoms with Crippen LogP contribution in [0, 0.1) is 0 Å². The molecule has 4 aromatic rings. The van der Waals surface area contributed by atoms with Gasteiger partial charge in [-0.25, -0.2) is 13.4 Å². The van der Waals surface area contributed by atoms with Crippen LogP contribution >= 0.6 is 0 Å². The number of rotatable bonds is 9. The normalized spacial score (nSPS) is 15.1. The van der Waals surface area contributed by atoms with Crippen LogP contribution in [0.3, 0.4) is 0 Å². The number of likely N-dealkylation sites (N-methyl/N-ethyl adjacent to an activating group) is 1. The summed E-state index contributed by atoms with van der Waals surface area (Å²) in [7, 11) is -1.77. The Bertz CT molecular complexity index is 1670. The van der Waals surface area contributed by atoms with Crippen LogP contribution in [0.1, 0.15) is 31.5 Å². The summed E-state index contributed by atoms with van der Waals surface area (Å²) in [6.07, 6.45) is 1.49. The summed E-state index contributed by atoms with van der Waals surface area (Å²) in [5.74, 6) is 0.675. The molecule has 5 rings (SSSR count). The smallest absolute Gasteiger partial charge is 0.279 e. The SMILES string of the molecule is CCCc1c2nc(-c3cc(S(=O)(=O)N4CCN(C)CC4)ccc3OCC)[nH]c(=O)c2nn1Cc1ccc(N)cc1. The predicted octanol–water partition coefficient (Wildman–Crippen LogP) is 2.70. The summed E-state index contributed by atoms with van der Waals surface area (Å²) in [6, 6.07) is 12.2. The molecular weight excluding hydrogens is 530 g/mol. The minimum Gasteiger partial charge on any atom is -0.493 e. The highest BCUT2D eigenvalue weighted by Gasteiger charge is 2.29. The first-order valence-corrected chi connectivity index (χ1v) is 14.9. The van der Waals surface area contributed by atoms with Crippen molar-refractivity contribution in [2.45, 2.75) is 38.1 Å². The number of piperazine rings is 1. The molecule has 2 aromatic carbocycles. The number of H-pyrrole nitrogens is 1. The van der Waals surface area contributed by atoms with Crippen LogP contribution in [0.2, 0.25) is 0 Å². The first kappa shape index (κ1) is 27.8. The second-order valence-electron chi connectivity index (χ2n) is 10.0. The largest absolute Gasteiger partial charge is 0.493 e. The molecule has 1 fully saturated rings. The van der Waals surface area contributed by atoms with Crippen molar-refractivity contribution in [1.29, 1.82) is 0 Å². The van der Waals surface area contributed by atoms with Gasteiger partial charge in [0, 0.05) is 31.9 Å². The zero-order valence-electron chi connectivity index (χ0n) is 23.1. The maximum atomic E-state index is 13.5. The summed E-state index contributed by atoms with van der Waals surface area (Å²) in [5.41, 5.74) is 9.08. The number of anilines is 1. The Labute approximate surface area is 233 Å². The average Bonchev–Trinajstić information content (AvgIpc) is 3.28. The number of hydrogen-bond donors (Lipinski definition) is 2. The standard InChI is InChI=1S/C28H35N7O4S/c1-4-6-23-25-26(32-35(23)18-19-7-9-20(29)10-8-19)28(36)31-27(30-25)22-17-21(11-12-24(22)39-5-2)40(37,38)34-15-13-33(3)14-16-34/h7-12,17H,4-6,13-16,18,29H2,1-3H3,(H,30,31,36). The molecule has 0 unspecified atom stereocenters. The van der Waals surface area contributed by atoms with Crippen molar-refractivity contribution in [3.8, 4) is 17.1 Å². The van der Waals surface area contributed by atoms with Gasteiger partial charge in [-0.05, 0) is 56.3 Å². The maximum absolute atomic E-state index is 13.5. The van der Waals surface area contributed by atoms with Crippen molar-refractivity contribution >= 4 is 26.7 Å². The van der Waals surface area contributed by atoms with Crippen molar-refractivity contribution < 1.29 is 13.2 Å². The number of sulfonamides is 1. The van der Waals surface area contributed by atoms with E-state index < -0.39 is 15.6 Å². The molecule has 2 aromatic heterocycles. The van der Waals surface area contributed by atoms with E-state index in [9.17, 15) is 13.2 Å². The molecule has 1 aliphatic rings. The quantitative estimate of drug-likeness (QED) is 0.295. The topological polar surface area (TPSA) is 139 Å². The minimum atomic E-state index is -3.74. The van der Waals surface area contributed by atoms with Crippen LogP contribution < -0.4 is 16.0 Å². The number of fused-ring (bicyclic) bond motifs is 1. The molecule has 0 saturated carbocycles. The number of ether oxygens (including phenoxy) is 1. The molecule has 3 N–H and O–H groups in total. The van der Waals surface area contributed by atoms with Gasteiger partial charge in [0.15, 0.2) is 5.52 Å². The van der Waals surface area contributed by atoms with E-state index in [0.29, 0.717) is 68.3 Å². The van der Waals surface area contributed by atoms with Gasteiger partial charge in [0.05, 0.1) is 29.3 Å². The fourth-order valence-corrected chi connectivity index (χ4v) is 6.37. The molecule has 3 heterocycles. The molecule has 0 spiro atoms. The lowest BCUT2D eigenvalue weighted by Crippen LogP contribution is -2.47. The van der Waals surface area contributed by atoms with Gasteiger partial charge in [-0.2, -0.15) is 9.40 Å². The van der Waals surface area contributed by atoms with Crippen LogP contribution in [0.4, 0.5) is 5.69 Å². The number of aryl methyl sites for hydroxylation is 1. The number of nitrogen functional groups attached to an aromatic ring is 1. The van der Waals surface area contributed by atoms with E-state index in [1.165, 1.54) is 4.31 Å². The van der Waals surface area contributed by atoms with Gasteiger partial charge in [-0.1, -0.05) is 25.5 Å². The van der Waals surface area contributed by atoms with E-state index in [1.54, 1.807) is 18.2 Å². The van der Waals surface area contributed by atoms with Crippen LogP contribution in [-0.4, -0.2) is 77.2 Å². The van der Waals surface area contributed by atoms with E-state index >= 15 is 0 Å². The summed E-state index contributed by atoms with van der Waals surface area (Å²) < 4.78 is 36.2. The number of benzene rings is 2. The summed E-state index contributed by atoms with van der Waals surface area (Å²) in [4.78, 5) is 23.2. The third-order valence-corrected chi connectivity index (χ3v) is 9.00. The van der Waals surface area contributed by atoms with Gasteiger partial charge in [0.2, 0.25) is 10.0 Å². The zero-order valence-corrected chi connectivity index (χ0v) is 23.9. The molecule has 12 heteroatoms. The summed E-state index contributed by atoms with van der Waals surface area (Å²) in [6.45, 7) is 6.88. The first-order valence-electron chi connectivity index (χ1n) is 13.5. The second kappa shape index (κ2) is 11.4. The van der Waals surface area contributed by atoms with Crippen molar-refractivity contribution in [3.63, 3.8) is 0 Å². The number of nitrogens with two attached hydrogens (primary N) is 1. The molecule has 11 nitrogen and oxygen atoms in total. The highest BCUT2D eigenvalue weighted by atomic mass is 32.2. The lowest BCUT2D eigenvalue weighted by molar-refractivity contribution is 0.222. The van der Waals surface area contributed by atoms with Crippen LogP contribution in [0.5, 0.6) is 5.75 Å². The monoisotopic (exact) mass is 565 g/mol. The molecule has 1 saturated heterocycles. The Kier molecular flexibility index (Phi) is 7.92. The number of hydrogen-bond acceptors (Lipinski definition) is 8. The van der Waals surface area contributed by atoms with E-state index in [1.807, 2.05) is 42.9 Å². The highest BCUT2D eigenvalue weighted by molar-refractivity contribution is 7.89. The van der Waals surface area contributed by atoms with Crippen molar-refractivity contribution in [2.24, 2.45) is 0 Å². The lowest BCUT2D eigenvalue weighted by atomic mass is 10.1. The Balaban J connectivity index is 1.61. The van der Waals surface area contributed by atoms with E-state index in [4.69, 9.17) is 15.5 Å². The third kappa shape index (κ3) is 5.47. The number of nitrogens with zero attached hydrogens (tertiary/aromatic N) is 5. The zero-order chi connectivity index (χ0) is 28.4. The molecule has 1 aliphatic heterocycles. The van der Waals surface area contributed by atoms with Crippen molar-refractivity contribution in [2.75, 3.05) is 45.6 Å². The Morgan fingerprint density at radius 1 is 1.02 bits per heavy atom. The van der Waals surface area contributed by atoms with Gasteiger partial charge < -0.3 is 20.4 Å². The molecule has 40 heavy (non-hydrogen) atoms. The van der Waals surface area contributed by atoms with E-state index in [2.05, 4.69) is 21.9 Å².